The average molecular weight is 580 g/mol. The van der Waals surface area contributed by atoms with E-state index in [1.54, 1.807) is 50.0 Å². The summed E-state index contributed by atoms with van der Waals surface area (Å²) in [6.07, 6.45) is 5.34. The number of aromatic nitrogens is 1. The lowest BCUT2D eigenvalue weighted by Gasteiger charge is -2.29. The van der Waals surface area contributed by atoms with Crippen LogP contribution in [0.4, 0.5) is 5.88 Å². The van der Waals surface area contributed by atoms with Gasteiger partial charge in [0.25, 0.3) is 5.56 Å². The van der Waals surface area contributed by atoms with Crippen molar-refractivity contribution in [2.24, 2.45) is 10.9 Å². The molecule has 1 fully saturated rings. The van der Waals surface area contributed by atoms with Gasteiger partial charge < -0.3 is 23.5 Å². The Bertz CT molecular complexity index is 1620. The number of fused-ring (bicyclic) bond motifs is 1. The van der Waals surface area contributed by atoms with Crippen LogP contribution >= 0.6 is 11.3 Å². The van der Waals surface area contributed by atoms with E-state index in [9.17, 15) is 9.59 Å². The quantitative estimate of drug-likeness (QED) is 0.346. The largest absolute Gasteiger partial charge is 0.497 e. The molecule has 0 unspecified atom stereocenters. The SMILES string of the molecule is CCCC1=C(C(=O)OCC)[C@H](c2cc(OC)ccc2OC)n2c(s/c(=C\c3ccc(N4CCC(C)CC4)o3)c2=O)=N1. The van der Waals surface area contributed by atoms with Crippen LogP contribution < -0.4 is 29.3 Å². The smallest absolute Gasteiger partial charge is 0.338 e. The molecule has 9 nitrogen and oxygen atoms in total. The molecular weight excluding hydrogens is 542 g/mol. The lowest BCUT2D eigenvalue weighted by Crippen LogP contribution is -2.40. The van der Waals surface area contributed by atoms with Gasteiger partial charge in [0.2, 0.25) is 0 Å². The molecule has 0 radical (unpaired) electrons. The molecule has 4 heterocycles. The number of thiazole rings is 1. The fourth-order valence-electron chi connectivity index (χ4n) is 5.42. The van der Waals surface area contributed by atoms with E-state index in [1.807, 2.05) is 19.1 Å². The number of nitrogens with zero attached hydrogens (tertiary/aromatic N) is 3. The van der Waals surface area contributed by atoms with E-state index in [0.717, 1.165) is 44.2 Å². The molecule has 0 saturated carbocycles. The van der Waals surface area contributed by atoms with Crippen molar-refractivity contribution >= 4 is 29.3 Å². The predicted octanol–water partition coefficient (Wildman–Crippen LogP) is 4.43. The monoisotopic (exact) mass is 579 g/mol. The minimum absolute atomic E-state index is 0.199. The molecule has 0 N–H and O–H groups in total. The molecule has 2 aliphatic heterocycles. The highest BCUT2D eigenvalue weighted by Gasteiger charge is 2.36. The topological polar surface area (TPSA) is 95.5 Å². The number of esters is 1. The number of carbonyl (C=O) groups excluding carboxylic acids is 1. The van der Waals surface area contributed by atoms with Gasteiger partial charge in [0.05, 0.1) is 36.6 Å². The zero-order chi connectivity index (χ0) is 29.1. The Balaban J connectivity index is 1.67. The number of rotatable bonds is 9. The molecule has 41 heavy (non-hydrogen) atoms. The maximum absolute atomic E-state index is 14.1. The lowest BCUT2D eigenvalue weighted by molar-refractivity contribution is -0.139. The Morgan fingerprint density at radius 1 is 1.15 bits per heavy atom. The lowest BCUT2D eigenvalue weighted by atomic mass is 9.93. The number of anilines is 1. The first-order valence-electron chi connectivity index (χ1n) is 14.2. The van der Waals surface area contributed by atoms with E-state index in [2.05, 4.69) is 11.8 Å². The minimum atomic E-state index is -0.804. The van der Waals surface area contributed by atoms with Crippen LogP contribution in [0.2, 0.25) is 0 Å². The summed E-state index contributed by atoms with van der Waals surface area (Å²) >= 11 is 1.28. The summed E-state index contributed by atoms with van der Waals surface area (Å²) in [6, 6.07) is 8.40. The highest BCUT2D eigenvalue weighted by Crippen LogP contribution is 2.38. The second kappa shape index (κ2) is 12.4. The second-order valence-corrected chi connectivity index (χ2v) is 11.4. The van der Waals surface area contributed by atoms with Crippen molar-refractivity contribution in [3.63, 3.8) is 0 Å². The molecule has 0 amide bonds. The van der Waals surface area contributed by atoms with Gasteiger partial charge in [-0.25, -0.2) is 9.79 Å². The Kier molecular flexibility index (Phi) is 8.68. The standard InChI is InChI=1S/C31H37N3O6S/c1-6-8-23-27(30(36)39-7-2)28(22-17-20(37-4)9-11-24(22)38-5)34-29(35)25(41-31(34)32-23)18-21-10-12-26(40-21)33-15-13-19(3)14-16-33/h9-12,17-19,28H,6-8,13-16H2,1-5H3/b25-18-/t28-/m0/s1. The molecule has 0 aliphatic carbocycles. The summed E-state index contributed by atoms with van der Waals surface area (Å²) < 4.78 is 24.9. The molecule has 1 atom stereocenters. The first-order valence-corrected chi connectivity index (χ1v) is 15.0. The first-order chi connectivity index (χ1) is 19.9. The molecule has 3 aromatic rings. The predicted molar refractivity (Wildman–Crippen MR) is 158 cm³/mol. The maximum Gasteiger partial charge on any atom is 0.338 e. The molecule has 0 spiro atoms. The summed E-state index contributed by atoms with van der Waals surface area (Å²) in [5.41, 5.74) is 1.28. The Morgan fingerprint density at radius 2 is 1.93 bits per heavy atom. The van der Waals surface area contributed by atoms with Gasteiger partial charge in [-0.1, -0.05) is 31.6 Å². The Hall–Kier alpha value is -3.79. The van der Waals surface area contributed by atoms with Crippen LogP contribution in [0.3, 0.4) is 0 Å². The van der Waals surface area contributed by atoms with Crippen molar-refractivity contribution < 1.29 is 23.4 Å². The van der Waals surface area contributed by atoms with E-state index < -0.39 is 12.0 Å². The highest BCUT2D eigenvalue weighted by molar-refractivity contribution is 7.07. The van der Waals surface area contributed by atoms with E-state index in [0.29, 0.717) is 49.8 Å². The first kappa shape index (κ1) is 28.7. The van der Waals surface area contributed by atoms with Gasteiger partial charge in [0, 0.05) is 30.8 Å². The molecule has 2 aromatic heterocycles. The van der Waals surface area contributed by atoms with Crippen LogP contribution in [0.1, 0.15) is 63.8 Å². The summed E-state index contributed by atoms with van der Waals surface area (Å²) in [4.78, 5) is 35.1. The normalized spacial score (nSPS) is 17.8. The Labute approximate surface area is 243 Å². The average Bonchev–Trinajstić information content (AvgIpc) is 3.56. The van der Waals surface area contributed by atoms with Gasteiger partial charge in [0.15, 0.2) is 10.7 Å². The Morgan fingerprint density at radius 3 is 2.61 bits per heavy atom. The molecular formula is C31H37N3O6S. The summed E-state index contributed by atoms with van der Waals surface area (Å²) in [5.74, 6) is 2.72. The number of hydrogen-bond acceptors (Lipinski definition) is 9. The van der Waals surface area contributed by atoms with Crippen molar-refractivity contribution in [2.75, 3.05) is 38.8 Å². The molecule has 1 aromatic carbocycles. The highest BCUT2D eigenvalue weighted by atomic mass is 32.1. The number of piperidine rings is 1. The van der Waals surface area contributed by atoms with Crippen molar-refractivity contribution in [3.8, 4) is 11.5 Å². The van der Waals surface area contributed by atoms with Crippen molar-refractivity contribution in [1.29, 1.82) is 0 Å². The van der Waals surface area contributed by atoms with Gasteiger partial charge in [-0.15, -0.1) is 0 Å². The molecule has 10 heteroatoms. The second-order valence-electron chi connectivity index (χ2n) is 10.4. The van der Waals surface area contributed by atoms with E-state index >= 15 is 0 Å². The van der Waals surface area contributed by atoms with E-state index in [4.69, 9.17) is 23.6 Å². The molecule has 218 valence electrons. The minimum Gasteiger partial charge on any atom is -0.497 e. The number of furan rings is 1. The van der Waals surface area contributed by atoms with Gasteiger partial charge >= 0.3 is 5.97 Å². The third-order valence-corrected chi connectivity index (χ3v) is 8.59. The summed E-state index contributed by atoms with van der Waals surface area (Å²) in [6.45, 7) is 8.17. The number of methoxy groups -OCH3 is 2. The third-order valence-electron chi connectivity index (χ3n) is 7.60. The van der Waals surface area contributed by atoms with Gasteiger partial charge in [-0.3, -0.25) is 9.36 Å². The van der Waals surface area contributed by atoms with Crippen molar-refractivity contribution in [1.82, 2.24) is 4.57 Å². The molecule has 5 rings (SSSR count). The number of ether oxygens (including phenoxy) is 3. The van der Waals surface area contributed by atoms with Crippen molar-refractivity contribution in [2.45, 2.75) is 52.5 Å². The number of allylic oxidation sites excluding steroid dienone is 1. The van der Waals surface area contributed by atoms with Crippen LogP contribution in [0, 0.1) is 5.92 Å². The van der Waals surface area contributed by atoms with Gasteiger partial charge in [-0.2, -0.15) is 0 Å². The number of carbonyl (C=O) groups is 1. The fraction of sp³-hybridized carbons (Fsp3) is 0.452. The van der Waals surface area contributed by atoms with Gasteiger partial charge in [0.1, 0.15) is 23.3 Å². The molecule has 2 aliphatic rings. The third kappa shape index (κ3) is 5.70. The van der Waals surface area contributed by atoms with Crippen LogP contribution in [0.25, 0.3) is 6.08 Å². The zero-order valence-corrected chi connectivity index (χ0v) is 25.1. The van der Waals surface area contributed by atoms with E-state index in [1.165, 1.54) is 11.3 Å². The fourth-order valence-corrected chi connectivity index (χ4v) is 6.42. The molecule has 1 saturated heterocycles. The summed E-state index contributed by atoms with van der Waals surface area (Å²) in [5, 5.41) is 0. The van der Waals surface area contributed by atoms with Crippen LogP contribution in [0.5, 0.6) is 11.5 Å². The van der Waals surface area contributed by atoms with Crippen LogP contribution in [0.15, 0.2) is 55.8 Å². The molecule has 0 bridgehead atoms. The van der Waals surface area contributed by atoms with Crippen LogP contribution in [-0.2, 0) is 9.53 Å². The summed E-state index contributed by atoms with van der Waals surface area (Å²) in [7, 11) is 3.14. The zero-order valence-electron chi connectivity index (χ0n) is 24.3. The van der Waals surface area contributed by atoms with Crippen LogP contribution in [-0.4, -0.2) is 44.5 Å². The van der Waals surface area contributed by atoms with Crippen molar-refractivity contribution in [3.05, 3.63) is 72.6 Å². The van der Waals surface area contributed by atoms with Gasteiger partial charge in [-0.05, 0) is 56.4 Å². The number of benzene rings is 1. The number of hydrogen-bond donors (Lipinski definition) is 0. The van der Waals surface area contributed by atoms with E-state index in [-0.39, 0.29) is 12.2 Å². The maximum atomic E-state index is 14.1.